The molecule has 1 saturated heterocycles. The molecule has 0 bridgehead atoms. The van der Waals surface area contributed by atoms with Gasteiger partial charge in [-0.25, -0.2) is 9.97 Å². The number of carbonyl (C=O) groups excluding carboxylic acids is 1. The number of carbonyl (C=O) groups is 1. The number of aromatic nitrogens is 2. The fourth-order valence-corrected chi connectivity index (χ4v) is 3.09. The summed E-state index contributed by atoms with van der Waals surface area (Å²) in [7, 11) is 2.13. The molecule has 6 nitrogen and oxygen atoms in total. The SMILES string of the molecule is Cc1cc(C(N)=O)c2ncnc(NC3CCCN(C)C3)c2c1. The lowest BCUT2D eigenvalue weighted by molar-refractivity contribution is 0.100. The summed E-state index contributed by atoms with van der Waals surface area (Å²) in [6, 6.07) is 4.13. The number of aryl methyl sites for hydroxylation is 1. The Bertz CT molecular complexity index is 715. The van der Waals surface area contributed by atoms with E-state index in [1.165, 1.54) is 12.7 Å². The highest BCUT2D eigenvalue weighted by atomic mass is 16.1. The second kappa shape index (κ2) is 5.88. The average Bonchev–Trinajstić information content (AvgIpc) is 2.47. The molecule has 1 aromatic carbocycles. The van der Waals surface area contributed by atoms with E-state index >= 15 is 0 Å². The van der Waals surface area contributed by atoms with Gasteiger partial charge in [0.25, 0.3) is 5.91 Å². The molecule has 1 amide bonds. The van der Waals surface area contributed by atoms with Gasteiger partial charge in [0, 0.05) is 18.0 Å². The third-order valence-electron chi connectivity index (χ3n) is 4.11. The molecule has 1 aliphatic heterocycles. The molecular weight excluding hydrogens is 278 g/mol. The molecule has 1 atom stereocenters. The van der Waals surface area contributed by atoms with Crippen molar-refractivity contribution >= 4 is 22.6 Å². The first-order valence-corrected chi connectivity index (χ1v) is 7.55. The summed E-state index contributed by atoms with van der Waals surface area (Å²) in [5.74, 6) is 0.312. The first-order chi connectivity index (χ1) is 10.5. The van der Waals surface area contributed by atoms with Gasteiger partial charge in [-0.1, -0.05) is 0 Å². The number of anilines is 1. The van der Waals surface area contributed by atoms with Crippen LogP contribution in [0.5, 0.6) is 0 Å². The number of benzene rings is 1. The minimum absolute atomic E-state index is 0.356. The number of fused-ring (bicyclic) bond motifs is 1. The van der Waals surface area contributed by atoms with Crippen molar-refractivity contribution in [3.63, 3.8) is 0 Å². The summed E-state index contributed by atoms with van der Waals surface area (Å²) in [5, 5.41) is 4.35. The van der Waals surface area contributed by atoms with Gasteiger partial charge in [0.05, 0.1) is 11.1 Å². The Labute approximate surface area is 129 Å². The van der Waals surface area contributed by atoms with Crippen molar-refractivity contribution in [2.75, 3.05) is 25.5 Å². The Balaban J connectivity index is 2.01. The molecule has 1 unspecified atom stereocenters. The Morgan fingerprint density at radius 2 is 2.23 bits per heavy atom. The molecule has 6 heteroatoms. The Morgan fingerprint density at radius 3 is 2.95 bits per heavy atom. The van der Waals surface area contributed by atoms with Gasteiger partial charge >= 0.3 is 0 Å². The van der Waals surface area contributed by atoms with E-state index in [2.05, 4.69) is 27.2 Å². The van der Waals surface area contributed by atoms with Crippen LogP contribution in [0.2, 0.25) is 0 Å². The number of nitrogens with two attached hydrogens (primary N) is 1. The topological polar surface area (TPSA) is 84.1 Å². The lowest BCUT2D eigenvalue weighted by atomic mass is 10.0. The first-order valence-electron chi connectivity index (χ1n) is 7.55. The molecule has 116 valence electrons. The highest BCUT2D eigenvalue weighted by Gasteiger charge is 2.19. The number of rotatable bonds is 3. The molecule has 0 spiro atoms. The Kier molecular flexibility index (Phi) is 3.94. The first kappa shape index (κ1) is 14.7. The maximum absolute atomic E-state index is 11.6. The quantitative estimate of drug-likeness (QED) is 0.898. The summed E-state index contributed by atoms with van der Waals surface area (Å²) in [6.07, 6.45) is 3.77. The van der Waals surface area contributed by atoms with Crippen LogP contribution in [-0.4, -0.2) is 47.0 Å². The Hall–Kier alpha value is -2.21. The lowest BCUT2D eigenvalue weighted by Crippen LogP contribution is -2.39. The van der Waals surface area contributed by atoms with Crippen LogP contribution in [0.1, 0.15) is 28.8 Å². The molecule has 2 heterocycles. The smallest absolute Gasteiger partial charge is 0.250 e. The van der Waals surface area contributed by atoms with Crippen molar-refractivity contribution < 1.29 is 4.79 Å². The van der Waals surface area contributed by atoms with Gasteiger partial charge in [-0.3, -0.25) is 4.79 Å². The fraction of sp³-hybridized carbons (Fsp3) is 0.438. The number of nitrogens with one attached hydrogen (secondary N) is 1. The van der Waals surface area contributed by atoms with Crippen LogP contribution in [0.25, 0.3) is 10.9 Å². The van der Waals surface area contributed by atoms with Crippen LogP contribution < -0.4 is 11.1 Å². The average molecular weight is 299 g/mol. The maximum Gasteiger partial charge on any atom is 0.250 e. The second-order valence-electron chi connectivity index (χ2n) is 6.04. The molecule has 1 aliphatic rings. The number of hydrogen-bond acceptors (Lipinski definition) is 5. The summed E-state index contributed by atoms with van der Waals surface area (Å²) in [6.45, 7) is 4.06. The molecule has 1 fully saturated rings. The van der Waals surface area contributed by atoms with Gasteiger partial charge < -0.3 is 16.0 Å². The molecule has 0 radical (unpaired) electrons. The largest absolute Gasteiger partial charge is 0.366 e. The normalized spacial score (nSPS) is 19.3. The molecule has 1 aromatic heterocycles. The summed E-state index contributed by atoms with van der Waals surface area (Å²) < 4.78 is 0. The number of hydrogen-bond donors (Lipinski definition) is 2. The molecular formula is C16H21N5O. The van der Waals surface area contributed by atoms with Gasteiger partial charge in [-0.15, -0.1) is 0 Å². The molecule has 22 heavy (non-hydrogen) atoms. The van der Waals surface area contributed by atoms with Gasteiger partial charge in [0.1, 0.15) is 12.1 Å². The molecule has 0 saturated carbocycles. The number of likely N-dealkylation sites (N-methyl/N-ethyl adjacent to an activating group) is 1. The van der Waals surface area contributed by atoms with Crippen molar-refractivity contribution in [2.45, 2.75) is 25.8 Å². The third-order valence-corrected chi connectivity index (χ3v) is 4.11. The number of nitrogens with zero attached hydrogens (tertiary/aromatic N) is 3. The standard InChI is InChI=1S/C16H21N5O/c1-10-6-12(15(17)22)14-13(7-10)16(19-9-18-14)20-11-4-3-5-21(2)8-11/h6-7,9,11H,3-5,8H2,1-2H3,(H2,17,22)(H,18,19,20). The van der Waals surface area contributed by atoms with E-state index < -0.39 is 5.91 Å². The van der Waals surface area contributed by atoms with Crippen LogP contribution >= 0.6 is 0 Å². The highest BCUT2D eigenvalue weighted by Crippen LogP contribution is 2.25. The summed E-state index contributed by atoms with van der Waals surface area (Å²) in [4.78, 5) is 22.6. The monoisotopic (exact) mass is 299 g/mol. The molecule has 0 aliphatic carbocycles. The van der Waals surface area contributed by atoms with E-state index in [1.54, 1.807) is 6.07 Å². The zero-order valence-electron chi connectivity index (χ0n) is 13.0. The number of amides is 1. The van der Waals surface area contributed by atoms with Crippen molar-refractivity contribution in [1.29, 1.82) is 0 Å². The van der Waals surface area contributed by atoms with Gasteiger partial charge in [0.15, 0.2) is 0 Å². The van der Waals surface area contributed by atoms with Gasteiger partial charge in [0.2, 0.25) is 0 Å². The van der Waals surface area contributed by atoms with E-state index in [0.717, 1.165) is 36.3 Å². The zero-order chi connectivity index (χ0) is 15.7. The fourth-order valence-electron chi connectivity index (χ4n) is 3.09. The Morgan fingerprint density at radius 1 is 1.41 bits per heavy atom. The van der Waals surface area contributed by atoms with Gasteiger partial charge in [-0.05, 0) is 51.1 Å². The lowest BCUT2D eigenvalue weighted by Gasteiger charge is -2.30. The van der Waals surface area contributed by atoms with E-state index in [-0.39, 0.29) is 0 Å². The van der Waals surface area contributed by atoms with Crippen molar-refractivity contribution in [3.8, 4) is 0 Å². The van der Waals surface area contributed by atoms with Crippen molar-refractivity contribution in [3.05, 3.63) is 29.6 Å². The minimum Gasteiger partial charge on any atom is -0.366 e. The van der Waals surface area contributed by atoms with Crippen LogP contribution in [-0.2, 0) is 0 Å². The van der Waals surface area contributed by atoms with Crippen LogP contribution in [0.3, 0.4) is 0 Å². The second-order valence-corrected chi connectivity index (χ2v) is 6.04. The van der Waals surface area contributed by atoms with Gasteiger partial charge in [-0.2, -0.15) is 0 Å². The number of piperidine rings is 1. The summed E-state index contributed by atoms with van der Waals surface area (Å²) >= 11 is 0. The maximum atomic E-state index is 11.6. The van der Waals surface area contributed by atoms with E-state index in [0.29, 0.717) is 17.1 Å². The van der Waals surface area contributed by atoms with Crippen molar-refractivity contribution in [2.24, 2.45) is 5.73 Å². The molecule has 3 N–H and O–H groups in total. The van der Waals surface area contributed by atoms with Crippen LogP contribution in [0.4, 0.5) is 5.82 Å². The minimum atomic E-state index is -0.462. The molecule has 3 rings (SSSR count). The molecule has 2 aromatic rings. The number of primary amides is 1. The van der Waals surface area contributed by atoms with Crippen LogP contribution in [0.15, 0.2) is 18.5 Å². The van der Waals surface area contributed by atoms with Crippen LogP contribution in [0, 0.1) is 6.92 Å². The van der Waals surface area contributed by atoms with Crippen molar-refractivity contribution in [1.82, 2.24) is 14.9 Å². The van der Waals surface area contributed by atoms with E-state index in [4.69, 9.17) is 5.73 Å². The van der Waals surface area contributed by atoms with E-state index in [1.807, 2.05) is 13.0 Å². The zero-order valence-corrected chi connectivity index (χ0v) is 13.0. The van der Waals surface area contributed by atoms with E-state index in [9.17, 15) is 4.79 Å². The highest BCUT2D eigenvalue weighted by molar-refractivity contribution is 6.07. The predicted molar refractivity (Wildman–Crippen MR) is 86.9 cm³/mol. The third kappa shape index (κ3) is 2.87. The summed E-state index contributed by atoms with van der Waals surface area (Å²) in [5.41, 5.74) is 7.50. The predicted octanol–water partition coefficient (Wildman–Crippen LogP) is 1.54. The number of likely N-dealkylation sites (tertiary alicyclic amines) is 1.